The molecule has 1 saturated heterocycles. The van der Waals surface area contributed by atoms with Crippen molar-refractivity contribution in [2.45, 2.75) is 38.3 Å². The minimum atomic E-state index is -0.741. The third kappa shape index (κ3) is 2.67. The molecule has 0 amide bonds. The Labute approximate surface area is 102 Å². The first-order valence-corrected chi connectivity index (χ1v) is 6.40. The predicted molar refractivity (Wildman–Crippen MR) is 66.2 cm³/mol. The molecule has 3 atom stereocenters. The predicted octanol–water partition coefficient (Wildman–Crippen LogP) is 2.64. The van der Waals surface area contributed by atoms with Gasteiger partial charge in [0.25, 0.3) is 0 Å². The topological polar surface area (TPSA) is 32.3 Å². The highest BCUT2D eigenvalue weighted by Gasteiger charge is 2.33. The zero-order valence-electron chi connectivity index (χ0n) is 10.2. The van der Waals surface area contributed by atoms with E-state index in [0.29, 0.717) is 11.5 Å². The van der Waals surface area contributed by atoms with Crippen molar-refractivity contribution in [2.24, 2.45) is 5.92 Å². The lowest BCUT2D eigenvalue weighted by Crippen LogP contribution is -2.34. The number of halogens is 1. The summed E-state index contributed by atoms with van der Waals surface area (Å²) in [4.78, 5) is 0. The summed E-state index contributed by atoms with van der Waals surface area (Å²) < 4.78 is 13.6. The number of benzene rings is 1. The molecule has 2 rings (SSSR count). The van der Waals surface area contributed by atoms with Crippen LogP contribution in [0.5, 0.6) is 0 Å². The van der Waals surface area contributed by atoms with Crippen LogP contribution in [0, 0.1) is 11.7 Å². The van der Waals surface area contributed by atoms with Gasteiger partial charge >= 0.3 is 0 Å². The molecular formula is C14H20FNO. The van der Waals surface area contributed by atoms with Gasteiger partial charge in [0.1, 0.15) is 5.82 Å². The molecule has 1 heterocycles. The molecule has 1 aromatic carbocycles. The van der Waals surface area contributed by atoms with Crippen LogP contribution in [-0.4, -0.2) is 17.7 Å². The number of rotatable bonds is 4. The Morgan fingerprint density at radius 3 is 2.94 bits per heavy atom. The number of aliphatic hydroxyl groups excluding tert-OH is 1. The van der Waals surface area contributed by atoms with E-state index in [4.69, 9.17) is 0 Å². The number of nitrogens with one attached hydrogen (secondary N) is 1. The fourth-order valence-electron chi connectivity index (χ4n) is 2.75. The van der Waals surface area contributed by atoms with Gasteiger partial charge < -0.3 is 10.4 Å². The van der Waals surface area contributed by atoms with E-state index in [9.17, 15) is 9.50 Å². The maximum atomic E-state index is 13.6. The largest absolute Gasteiger partial charge is 0.387 e. The number of hydrogen-bond donors (Lipinski definition) is 2. The van der Waals surface area contributed by atoms with Crippen molar-refractivity contribution in [3.8, 4) is 0 Å². The minimum absolute atomic E-state index is 0.00755. The standard InChI is InChI=1S/C14H20FNO/c1-2-5-10-8-9-16-13(10)14(17)11-6-3-4-7-12(11)15/h3-4,6-7,10,13-14,16-17H,2,5,8-9H2,1H3/t10?,13-,14-/m0/s1. The van der Waals surface area contributed by atoms with Crippen LogP contribution < -0.4 is 5.32 Å². The molecule has 0 radical (unpaired) electrons. The third-order valence-corrected chi connectivity index (χ3v) is 3.63. The van der Waals surface area contributed by atoms with E-state index in [0.717, 1.165) is 25.8 Å². The van der Waals surface area contributed by atoms with Crippen LogP contribution in [0.2, 0.25) is 0 Å². The molecule has 0 spiro atoms. The zero-order chi connectivity index (χ0) is 12.3. The summed E-state index contributed by atoms with van der Waals surface area (Å²) in [7, 11) is 0. The quantitative estimate of drug-likeness (QED) is 0.843. The molecule has 1 aliphatic heterocycles. The van der Waals surface area contributed by atoms with Gasteiger partial charge in [-0.15, -0.1) is 0 Å². The van der Waals surface area contributed by atoms with Crippen LogP contribution in [0.3, 0.4) is 0 Å². The van der Waals surface area contributed by atoms with Gasteiger partial charge in [0.05, 0.1) is 6.10 Å². The van der Waals surface area contributed by atoms with Crippen LogP contribution in [0.1, 0.15) is 37.9 Å². The van der Waals surface area contributed by atoms with Gasteiger partial charge in [-0.3, -0.25) is 0 Å². The molecule has 3 heteroatoms. The Hall–Kier alpha value is -0.930. The first kappa shape index (κ1) is 12.5. The molecule has 1 fully saturated rings. The smallest absolute Gasteiger partial charge is 0.129 e. The summed E-state index contributed by atoms with van der Waals surface area (Å²) in [6.45, 7) is 3.06. The molecular weight excluding hydrogens is 217 g/mol. The molecule has 0 bridgehead atoms. The van der Waals surface area contributed by atoms with E-state index in [-0.39, 0.29) is 11.9 Å². The summed E-state index contributed by atoms with van der Waals surface area (Å²) in [5.41, 5.74) is 0.410. The van der Waals surface area contributed by atoms with Crippen molar-refractivity contribution in [3.63, 3.8) is 0 Å². The monoisotopic (exact) mass is 237 g/mol. The molecule has 1 aromatic rings. The third-order valence-electron chi connectivity index (χ3n) is 3.63. The van der Waals surface area contributed by atoms with Crippen LogP contribution in [0.4, 0.5) is 4.39 Å². The summed E-state index contributed by atoms with van der Waals surface area (Å²) in [6.07, 6.45) is 2.52. The Morgan fingerprint density at radius 1 is 1.47 bits per heavy atom. The van der Waals surface area contributed by atoms with Gasteiger partial charge in [-0.05, 0) is 31.4 Å². The van der Waals surface area contributed by atoms with Gasteiger partial charge in [0.15, 0.2) is 0 Å². The summed E-state index contributed by atoms with van der Waals surface area (Å²) in [6, 6.07) is 6.49. The van der Waals surface area contributed by atoms with Gasteiger partial charge in [-0.25, -0.2) is 4.39 Å². The fourth-order valence-corrected chi connectivity index (χ4v) is 2.75. The van der Waals surface area contributed by atoms with Crippen LogP contribution in [-0.2, 0) is 0 Å². The number of aliphatic hydroxyl groups is 1. The first-order valence-electron chi connectivity index (χ1n) is 6.40. The average molecular weight is 237 g/mol. The Balaban J connectivity index is 2.14. The molecule has 1 unspecified atom stereocenters. The molecule has 2 N–H and O–H groups in total. The van der Waals surface area contributed by atoms with Crippen molar-refractivity contribution in [2.75, 3.05) is 6.54 Å². The Kier molecular flexibility index (Phi) is 4.13. The lowest BCUT2D eigenvalue weighted by molar-refractivity contribution is 0.110. The van der Waals surface area contributed by atoms with Gasteiger partial charge in [0, 0.05) is 11.6 Å². The van der Waals surface area contributed by atoms with Crippen LogP contribution in [0.15, 0.2) is 24.3 Å². The zero-order valence-corrected chi connectivity index (χ0v) is 10.2. The molecule has 0 aliphatic carbocycles. The van der Waals surface area contributed by atoms with Crippen molar-refractivity contribution in [1.29, 1.82) is 0 Å². The Bertz CT molecular complexity index is 369. The van der Waals surface area contributed by atoms with E-state index in [1.165, 1.54) is 6.07 Å². The van der Waals surface area contributed by atoms with E-state index in [2.05, 4.69) is 12.2 Å². The average Bonchev–Trinajstić information content (AvgIpc) is 2.78. The normalized spacial score (nSPS) is 26.1. The fraction of sp³-hybridized carbons (Fsp3) is 0.571. The lowest BCUT2D eigenvalue weighted by Gasteiger charge is -2.25. The Morgan fingerprint density at radius 2 is 2.24 bits per heavy atom. The van der Waals surface area contributed by atoms with E-state index in [1.807, 2.05) is 0 Å². The van der Waals surface area contributed by atoms with Crippen molar-refractivity contribution in [1.82, 2.24) is 5.32 Å². The summed E-state index contributed by atoms with van der Waals surface area (Å²) in [5, 5.41) is 13.6. The number of hydrogen-bond acceptors (Lipinski definition) is 2. The second-order valence-electron chi connectivity index (χ2n) is 4.78. The van der Waals surface area contributed by atoms with Crippen molar-refractivity contribution >= 4 is 0 Å². The highest BCUT2D eigenvalue weighted by atomic mass is 19.1. The van der Waals surface area contributed by atoms with Gasteiger partial charge in [-0.1, -0.05) is 31.5 Å². The van der Waals surface area contributed by atoms with E-state index in [1.54, 1.807) is 18.2 Å². The van der Waals surface area contributed by atoms with E-state index < -0.39 is 6.10 Å². The summed E-state index contributed by atoms with van der Waals surface area (Å²) in [5.74, 6) is 0.138. The second kappa shape index (κ2) is 5.61. The van der Waals surface area contributed by atoms with E-state index >= 15 is 0 Å². The SMILES string of the molecule is CCCC1CCN[C@@H]1[C@@H](O)c1ccccc1F. The maximum absolute atomic E-state index is 13.6. The lowest BCUT2D eigenvalue weighted by atomic mass is 9.89. The van der Waals surface area contributed by atoms with Gasteiger partial charge in [-0.2, -0.15) is 0 Å². The van der Waals surface area contributed by atoms with Crippen LogP contribution in [0.25, 0.3) is 0 Å². The van der Waals surface area contributed by atoms with Crippen molar-refractivity contribution < 1.29 is 9.50 Å². The molecule has 1 aliphatic rings. The first-order chi connectivity index (χ1) is 8.24. The second-order valence-corrected chi connectivity index (χ2v) is 4.78. The minimum Gasteiger partial charge on any atom is -0.387 e. The summed E-state index contributed by atoms with van der Waals surface area (Å²) >= 11 is 0. The molecule has 17 heavy (non-hydrogen) atoms. The molecule has 94 valence electrons. The molecule has 0 aromatic heterocycles. The van der Waals surface area contributed by atoms with Crippen LogP contribution >= 0.6 is 0 Å². The van der Waals surface area contributed by atoms with Gasteiger partial charge in [0.2, 0.25) is 0 Å². The highest BCUT2D eigenvalue weighted by molar-refractivity contribution is 5.21. The highest BCUT2D eigenvalue weighted by Crippen LogP contribution is 2.31. The molecule has 2 nitrogen and oxygen atoms in total. The van der Waals surface area contributed by atoms with Crippen molar-refractivity contribution in [3.05, 3.63) is 35.6 Å². The maximum Gasteiger partial charge on any atom is 0.129 e. The molecule has 0 saturated carbocycles.